The van der Waals surface area contributed by atoms with Gasteiger partial charge in [-0.3, -0.25) is 4.57 Å². The van der Waals surface area contributed by atoms with E-state index in [1.54, 1.807) is 11.8 Å². The van der Waals surface area contributed by atoms with Crippen LogP contribution in [0.3, 0.4) is 0 Å². The molecule has 27 heavy (non-hydrogen) atoms. The van der Waals surface area contributed by atoms with E-state index in [0.29, 0.717) is 25.3 Å². The van der Waals surface area contributed by atoms with Gasteiger partial charge in [0.25, 0.3) is 0 Å². The van der Waals surface area contributed by atoms with Gasteiger partial charge in [-0.05, 0) is 29.7 Å². The van der Waals surface area contributed by atoms with Gasteiger partial charge in [0, 0.05) is 12.2 Å². The van der Waals surface area contributed by atoms with Crippen molar-refractivity contribution in [2.75, 3.05) is 5.75 Å². The van der Waals surface area contributed by atoms with Crippen LogP contribution in [0.15, 0.2) is 59.8 Å². The molecule has 0 unspecified atom stereocenters. The first kappa shape index (κ1) is 19.0. The van der Waals surface area contributed by atoms with E-state index in [-0.39, 0.29) is 0 Å². The van der Waals surface area contributed by atoms with Crippen LogP contribution in [0.5, 0.6) is 5.75 Å². The number of hydrogen-bond acceptors (Lipinski definition) is 5. The third kappa shape index (κ3) is 5.35. The molecule has 138 valence electrons. The van der Waals surface area contributed by atoms with Crippen LogP contribution in [0.1, 0.15) is 30.3 Å². The van der Waals surface area contributed by atoms with Crippen molar-refractivity contribution in [2.45, 2.75) is 38.1 Å². The molecule has 3 aromatic rings. The Bertz CT molecular complexity index is 885. The van der Waals surface area contributed by atoms with Crippen molar-refractivity contribution >= 4 is 11.8 Å². The Labute approximate surface area is 164 Å². The van der Waals surface area contributed by atoms with E-state index < -0.39 is 0 Å². The fourth-order valence-electron chi connectivity index (χ4n) is 2.61. The predicted octanol–water partition coefficient (Wildman–Crippen LogP) is 4.47. The number of aromatic nitrogens is 3. The van der Waals surface area contributed by atoms with E-state index in [4.69, 9.17) is 10.00 Å². The number of aryl methyl sites for hydroxylation is 1. The quantitative estimate of drug-likeness (QED) is 0.406. The standard InChI is InChI=1S/C21H22N4OS/c1-2-17-9-11-19(12-10-17)26-16-20-23-24-21(27-14-6-13-22)25(20)15-18-7-4-3-5-8-18/h3-5,7-12H,2,6,14-16H2,1H3. The van der Waals surface area contributed by atoms with Crippen LogP contribution in [0.25, 0.3) is 0 Å². The lowest BCUT2D eigenvalue weighted by molar-refractivity contribution is 0.289. The Morgan fingerprint density at radius 2 is 1.81 bits per heavy atom. The highest BCUT2D eigenvalue weighted by atomic mass is 32.2. The van der Waals surface area contributed by atoms with Gasteiger partial charge >= 0.3 is 0 Å². The topological polar surface area (TPSA) is 63.7 Å². The number of benzene rings is 2. The molecule has 0 aliphatic rings. The van der Waals surface area contributed by atoms with Crippen molar-refractivity contribution < 1.29 is 4.74 Å². The summed E-state index contributed by atoms with van der Waals surface area (Å²) in [6.45, 7) is 3.16. The lowest BCUT2D eigenvalue weighted by Gasteiger charge is -2.11. The Morgan fingerprint density at radius 3 is 2.52 bits per heavy atom. The monoisotopic (exact) mass is 378 g/mol. The maximum absolute atomic E-state index is 8.78. The molecule has 0 atom stereocenters. The average molecular weight is 379 g/mol. The van der Waals surface area contributed by atoms with Gasteiger partial charge in [-0.25, -0.2) is 0 Å². The largest absolute Gasteiger partial charge is 0.486 e. The highest BCUT2D eigenvalue weighted by molar-refractivity contribution is 7.99. The first-order valence-electron chi connectivity index (χ1n) is 8.97. The smallest absolute Gasteiger partial charge is 0.191 e. The van der Waals surface area contributed by atoms with E-state index in [9.17, 15) is 0 Å². The number of hydrogen-bond donors (Lipinski definition) is 0. The molecule has 0 radical (unpaired) electrons. The number of nitriles is 1. The number of ether oxygens (including phenoxy) is 1. The van der Waals surface area contributed by atoms with Crippen molar-refractivity contribution in [1.82, 2.24) is 14.8 Å². The van der Waals surface area contributed by atoms with Crippen molar-refractivity contribution in [3.05, 3.63) is 71.5 Å². The van der Waals surface area contributed by atoms with E-state index in [0.717, 1.165) is 23.2 Å². The third-order valence-electron chi connectivity index (χ3n) is 4.12. The zero-order chi connectivity index (χ0) is 18.9. The van der Waals surface area contributed by atoms with Gasteiger partial charge in [-0.1, -0.05) is 61.2 Å². The number of nitrogens with zero attached hydrogens (tertiary/aromatic N) is 4. The Morgan fingerprint density at radius 1 is 1.04 bits per heavy atom. The van der Waals surface area contributed by atoms with Crippen LogP contribution in [0.4, 0.5) is 0 Å². The molecule has 6 heteroatoms. The van der Waals surface area contributed by atoms with Gasteiger partial charge in [0.05, 0.1) is 12.6 Å². The molecule has 1 heterocycles. The van der Waals surface area contributed by atoms with E-state index in [1.807, 2.05) is 30.3 Å². The van der Waals surface area contributed by atoms with Crippen molar-refractivity contribution in [2.24, 2.45) is 0 Å². The number of rotatable bonds is 9. The average Bonchev–Trinajstić information content (AvgIpc) is 3.09. The molecule has 0 spiro atoms. The summed E-state index contributed by atoms with van der Waals surface area (Å²) < 4.78 is 7.99. The van der Waals surface area contributed by atoms with Gasteiger partial charge in [0.2, 0.25) is 0 Å². The van der Waals surface area contributed by atoms with Gasteiger partial charge in [-0.2, -0.15) is 5.26 Å². The predicted molar refractivity (Wildman–Crippen MR) is 107 cm³/mol. The van der Waals surface area contributed by atoms with Crippen LogP contribution < -0.4 is 4.74 Å². The second-order valence-corrected chi connectivity index (χ2v) is 7.08. The molecule has 2 aromatic carbocycles. The lowest BCUT2D eigenvalue weighted by Crippen LogP contribution is -2.09. The first-order valence-corrected chi connectivity index (χ1v) is 9.96. The molecule has 0 bridgehead atoms. The summed E-state index contributed by atoms with van der Waals surface area (Å²) in [6, 6.07) is 20.5. The zero-order valence-electron chi connectivity index (χ0n) is 15.3. The van der Waals surface area contributed by atoms with Gasteiger partial charge in [0.1, 0.15) is 12.4 Å². The molecule has 3 rings (SSSR count). The molecule has 0 N–H and O–H groups in total. The minimum absolute atomic E-state index is 0.351. The highest BCUT2D eigenvalue weighted by Crippen LogP contribution is 2.21. The fourth-order valence-corrected chi connectivity index (χ4v) is 3.41. The van der Waals surface area contributed by atoms with Crippen molar-refractivity contribution in [1.29, 1.82) is 5.26 Å². The van der Waals surface area contributed by atoms with Gasteiger partial charge in [0.15, 0.2) is 11.0 Å². The summed E-state index contributed by atoms with van der Waals surface area (Å²) in [6.07, 6.45) is 1.49. The van der Waals surface area contributed by atoms with E-state index >= 15 is 0 Å². The maximum atomic E-state index is 8.78. The third-order valence-corrected chi connectivity index (χ3v) is 5.09. The summed E-state index contributed by atoms with van der Waals surface area (Å²) in [5, 5.41) is 18.2. The highest BCUT2D eigenvalue weighted by Gasteiger charge is 2.14. The second kappa shape index (κ2) is 9.79. The van der Waals surface area contributed by atoms with Crippen LogP contribution in [-0.4, -0.2) is 20.5 Å². The zero-order valence-corrected chi connectivity index (χ0v) is 16.2. The van der Waals surface area contributed by atoms with Crippen molar-refractivity contribution in [3.8, 4) is 11.8 Å². The van der Waals surface area contributed by atoms with E-state index in [2.05, 4.69) is 52.0 Å². The van der Waals surface area contributed by atoms with Crippen LogP contribution in [-0.2, 0) is 19.6 Å². The molecule has 0 saturated carbocycles. The molecule has 0 fully saturated rings. The Kier molecular flexibility index (Phi) is 6.89. The summed E-state index contributed by atoms with van der Waals surface area (Å²) in [7, 11) is 0. The maximum Gasteiger partial charge on any atom is 0.191 e. The molecular weight excluding hydrogens is 356 g/mol. The summed E-state index contributed by atoms with van der Waals surface area (Å²) in [5.74, 6) is 2.29. The summed E-state index contributed by atoms with van der Waals surface area (Å²) in [4.78, 5) is 0. The minimum atomic E-state index is 0.351. The molecule has 0 aliphatic carbocycles. The minimum Gasteiger partial charge on any atom is -0.486 e. The van der Waals surface area contributed by atoms with E-state index in [1.165, 1.54) is 11.1 Å². The van der Waals surface area contributed by atoms with Crippen LogP contribution in [0.2, 0.25) is 0 Å². The normalized spacial score (nSPS) is 10.5. The SMILES string of the molecule is CCc1ccc(OCc2nnc(SCCC#N)n2Cc2ccccc2)cc1. The van der Waals surface area contributed by atoms with Gasteiger partial charge < -0.3 is 4.74 Å². The molecule has 0 amide bonds. The van der Waals surface area contributed by atoms with Gasteiger partial charge in [-0.15, -0.1) is 10.2 Å². The lowest BCUT2D eigenvalue weighted by atomic mass is 10.2. The number of thioether (sulfide) groups is 1. The van der Waals surface area contributed by atoms with Crippen LogP contribution >= 0.6 is 11.8 Å². The fraction of sp³-hybridized carbons (Fsp3) is 0.286. The molecule has 0 saturated heterocycles. The molecular formula is C21H22N4OS. The Balaban J connectivity index is 1.75. The molecule has 1 aromatic heterocycles. The summed E-state index contributed by atoms with van der Waals surface area (Å²) >= 11 is 1.55. The molecule has 5 nitrogen and oxygen atoms in total. The van der Waals surface area contributed by atoms with Crippen LogP contribution in [0, 0.1) is 11.3 Å². The first-order chi connectivity index (χ1) is 13.3. The molecule has 0 aliphatic heterocycles. The summed E-state index contributed by atoms with van der Waals surface area (Å²) in [5.41, 5.74) is 2.46. The van der Waals surface area contributed by atoms with Crippen molar-refractivity contribution in [3.63, 3.8) is 0 Å². The second-order valence-electron chi connectivity index (χ2n) is 6.01. The Hall–Kier alpha value is -2.78.